The summed E-state index contributed by atoms with van der Waals surface area (Å²) < 4.78 is 22.1. The number of ether oxygens (including phenoxy) is 2. The summed E-state index contributed by atoms with van der Waals surface area (Å²) in [6, 6.07) is 0. The van der Waals surface area contributed by atoms with Crippen molar-refractivity contribution in [3.63, 3.8) is 0 Å². The molecule has 0 aromatic rings. The van der Waals surface area contributed by atoms with Crippen LogP contribution in [0.25, 0.3) is 0 Å². The van der Waals surface area contributed by atoms with E-state index in [9.17, 15) is 4.39 Å². The highest BCUT2D eigenvalue weighted by Gasteiger charge is 2.33. The highest BCUT2D eigenvalue weighted by atomic mass is 19.1. The molecular formula is C6H11FO3. The fourth-order valence-corrected chi connectivity index (χ4v) is 0.995. The van der Waals surface area contributed by atoms with Crippen molar-refractivity contribution in [2.24, 2.45) is 0 Å². The minimum Gasteiger partial charge on any atom is -0.382 e. The predicted molar refractivity (Wildman–Crippen MR) is 32.3 cm³/mol. The Bertz CT molecular complexity index is 109. The summed E-state index contributed by atoms with van der Waals surface area (Å²) in [7, 11) is 1.47. The third-order valence-electron chi connectivity index (χ3n) is 1.49. The number of hydrogen-bond acceptors (Lipinski definition) is 3. The Kier molecular flexibility index (Phi) is 2.59. The molecule has 1 aliphatic rings. The fraction of sp³-hybridized carbons (Fsp3) is 1.00. The molecule has 0 radical (unpaired) electrons. The van der Waals surface area contributed by atoms with Crippen molar-refractivity contribution in [1.82, 2.24) is 0 Å². The first kappa shape index (κ1) is 7.91. The van der Waals surface area contributed by atoms with Crippen LogP contribution in [-0.4, -0.2) is 37.4 Å². The smallest absolute Gasteiger partial charge is 0.158 e. The Morgan fingerprint density at radius 1 is 1.80 bits per heavy atom. The van der Waals surface area contributed by atoms with Crippen molar-refractivity contribution in [2.75, 3.05) is 13.7 Å². The average molecular weight is 150 g/mol. The Morgan fingerprint density at radius 2 is 2.50 bits per heavy atom. The van der Waals surface area contributed by atoms with Crippen LogP contribution in [0.4, 0.5) is 4.39 Å². The van der Waals surface area contributed by atoms with Gasteiger partial charge in [-0.25, -0.2) is 4.39 Å². The lowest BCUT2D eigenvalue weighted by Crippen LogP contribution is -2.22. The molecule has 0 aromatic heterocycles. The molecule has 1 rings (SSSR count). The van der Waals surface area contributed by atoms with Gasteiger partial charge in [-0.3, -0.25) is 0 Å². The lowest BCUT2D eigenvalue weighted by molar-refractivity contribution is -0.108. The van der Waals surface area contributed by atoms with Gasteiger partial charge in [-0.1, -0.05) is 0 Å². The zero-order valence-corrected chi connectivity index (χ0v) is 5.79. The molecule has 60 valence electrons. The highest BCUT2D eigenvalue weighted by molar-refractivity contribution is 4.77. The molecule has 0 spiro atoms. The zero-order chi connectivity index (χ0) is 7.56. The fourth-order valence-electron chi connectivity index (χ4n) is 0.995. The Balaban J connectivity index is 2.31. The van der Waals surface area contributed by atoms with E-state index in [1.807, 2.05) is 0 Å². The summed E-state index contributed by atoms with van der Waals surface area (Å²) in [5.41, 5.74) is 0. The van der Waals surface area contributed by atoms with Crippen molar-refractivity contribution in [1.29, 1.82) is 0 Å². The van der Waals surface area contributed by atoms with Gasteiger partial charge in [0.25, 0.3) is 0 Å². The average Bonchev–Trinajstić information content (AvgIpc) is 2.13. The van der Waals surface area contributed by atoms with Gasteiger partial charge in [0.1, 0.15) is 12.3 Å². The largest absolute Gasteiger partial charge is 0.382 e. The lowest BCUT2D eigenvalue weighted by atomic mass is 10.2. The molecule has 1 saturated heterocycles. The standard InChI is InChI=1S/C6H11FO3/c1-9-3-5-4(7)2-6(8)10-5/h4-6,8H,2-3H2,1H3/t4-,5+,6?/m0/s1. The van der Waals surface area contributed by atoms with Gasteiger partial charge in [0.2, 0.25) is 0 Å². The van der Waals surface area contributed by atoms with Gasteiger partial charge in [-0.05, 0) is 0 Å². The van der Waals surface area contributed by atoms with E-state index in [1.165, 1.54) is 7.11 Å². The minimum atomic E-state index is -1.09. The van der Waals surface area contributed by atoms with E-state index >= 15 is 0 Å². The molecule has 4 heteroatoms. The molecule has 1 unspecified atom stereocenters. The van der Waals surface area contributed by atoms with E-state index in [2.05, 4.69) is 4.74 Å². The maximum Gasteiger partial charge on any atom is 0.158 e. The Morgan fingerprint density at radius 3 is 2.90 bits per heavy atom. The number of rotatable bonds is 2. The molecule has 0 amide bonds. The SMILES string of the molecule is COC[C@H]1OC(O)C[C@@H]1F. The second kappa shape index (κ2) is 3.27. The van der Waals surface area contributed by atoms with Crippen molar-refractivity contribution in [3.05, 3.63) is 0 Å². The van der Waals surface area contributed by atoms with Gasteiger partial charge < -0.3 is 14.6 Å². The van der Waals surface area contributed by atoms with Crippen molar-refractivity contribution in [2.45, 2.75) is 25.0 Å². The van der Waals surface area contributed by atoms with Crippen LogP contribution in [-0.2, 0) is 9.47 Å². The summed E-state index contributed by atoms with van der Waals surface area (Å²) in [6.07, 6.45) is -2.56. The predicted octanol–water partition coefficient (Wildman–Crippen LogP) is 0.0782. The molecule has 3 atom stereocenters. The van der Waals surface area contributed by atoms with E-state index < -0.39 is 18.6 Å². The molecule has 0 bridgehead atoms. The molecule has 0 aromatic carbocycles. The third-order valence-corrected chi connectivity index (χ3v) is 1.49. The van der Waals surface area contributed by atoms with E-state index in [0.29, 0.717) is 0 Å². The second-order valence-electron chi connectivity index (χ2n) is 2.34. The van der Waals surface area contributed by atoms with Gasteiger partial charge in [0.15, 0.2) is 6.29 Å². The number of halogens is 1. The maximum atomic E-state index is 12.7. The molecule has 1 heterocycles. The summed E-state index contributed by atoms with van der Waals surface area (Å²) in [5, 5.41) is 8.78. The first-order valence-corrected chi connectivity index (χ1v) is 3.20. The van der Waals surface area contributed by atoms with Crippen molar-refractivity contribution in [3.8, 4) is 0 Å². The van der Waals surface area contributed by atoms with Crippen LogP contribution >= 0.6 is 0 Å². The van der Waals surface area contributed by atoms with Gasteiger partial charge in [-0.2, -0.15) is 0 Å². The van der Waals surface area contributed by atoms with Crippen LogP contribution in [0.2, 0.25) is 0 Å². The molecule has 3 nitrogen and oxygen atoms in total. The molecule has 1 N–H and O–H groups in total. The Hall–Kier alpha value is -0.190. The monoisotopic (exact) mass is 150 g/mol. The zero-order valence-electron chi connectivity index (χ0n) is 5.79. The summed E-state index contributed by atoms with van der Waals surface area (Å²) >= 11 is 0. The van der Waals surface area contributed by atoms with Crippen molar-refractivity contribution >= 4 is 0 Å². The number of alkyl halides is 1. The minimum absolute atomic E-state index is 0.0635. The molecule has 0 saturated carbocycles. The number of aliphatic hydroxyl groups excluding tert-OH is 1. The van der Waals surface area contributed by atoms with E-state index in [1.54, 1.807) is 0 Å². The third kappa shape index (κ3) is 1.65. The number of methoxy groups -OCH3 is 1. The highest BCUT2D eigenvalue weighted by Crippen LogP contribution is 2.21. The summed E-state index contributed by atoms with van der Waals surface area (Å²) in [5.74, 6) is 0. The van der Waals surface area contributed by atoms with Crippen molar-refractivity contribution < 1.29 is 19.0 Å². The van der Waals surface area contributed by atoms with Gasteiger partial charge >= 0.3 is 0 Å². The van der Waals surface area contributed by atoms with E-state index in [0.717, 1.165) is 0 Å². The number of hydrogen-bond donors (Lipinski definition) is 1. The summed E-state index contributed by atoms with van der Waals surface area (Å²) in [6.45, 7) is 0.207. The Labute approximate surface area is 58.7 Å². The molecule has 1 fully saturated rings. The quantitative estimate of drug-likeness (QED) is 0.605. The van der Waals surface area contributed by atoms with Crippen LogP contribution in [0.1, 0.15) is 6.42 Å². The van der Waals surface area contributed by atoms with Crippen LogP contribution in [0.15, 0.2) is 0 Å². The number of aliphatic hydroxyl groups is 1. The molecule has 10 heavy (non-hydrogen) atoms. The van der Waals surface area contributed by atoms with Gasteiger partial charge in [0, 0.05) is 13.5 Å². The molecule has 1 aliphatic heterocycles. The molecular weight excluding hydrogens is 139 g/mol. The van der Waals surface area contributed by atoms with E-state index in [-0.39, 0.29) is 13.0 Å². The summed E-state index contributed by atoms with van der Waals surface area (Å²) in [4.78, 5) is 0. The normalized spacial score (nSPS) is 40.5. The van der Waals surface area contributed by atoms with Crippen LogP contribution in [0.5, 0.6) is 0 Å². The first-order chi connectivity index (χ1) is 4.74. The lowest BCUT2D eigenvalue weighted by Gasteiger charge is -2.09. The van der Waals surface area contributed by atoms with Gasteiger partial charge in [-0.15, -0.1) is 0 Å². The van der Waals surface area contributed by atoms with E-state index in [4.69, 9.17) is 9.84 Å². The first-order valence-electron chi connectivity index (χ1n) is 3.20. The second-order valence-corrected chi connectivity index (χ2v) is 2.34. The van der Waals surface area contributed by atoms with Crippen LogP contribution < -0.4 is 0 Å². The molecule has 0 aliphatic carbocycles. The van der Waals surface area contributed by atoms with Gasteiger partial charge in [0.05, 0.1) is 6.61 Å². The van der Waals surface area contributed by atoms with Crippen LogP contribution in [0, 0.1) is 0 Å². The van der Waals surface area contributed by atoms with Crippen LogP contribution in [0.3, 0.4) is 0 Å². The topological polar surface area (TPSA) is 38.7 Å². The maximum absolute atomic E-state index is 12.7.